The smallest absolute Gasteiger partial charge is 0.278 e. The minimum Gasteiger partial charge on any atom is -0.384 e. The van der Waals surface area contributed by atoms with Crippen molar-refractivity contribution in [3.05, 3.63) is 64.2 Å². The largest absolute Gasteiger partial charge is 0.384 e. The van der Waals surface area contributed by atoms with Crippen molar-refractivity contribution in [2.24, 2.45) is 0 Å². The van der Waals surface area contributed by atoms with Crippen LogP contribution in [0.5, 0.6) is 0 Å². The van der Waals surface area contributed by atoms with Gasteiger partial charge in [0.1, 0.15) is 5.39 Å². The van der Waals surface area contributed by atoms with Crippen LogP contribution in [0, 0.1) is 0 Å². The number of pyridine rings is 1. The zero-order valence-corrected chi connectivity index (χ0v) is 18.8. The van der Waals surface area contributed by atoms with E-state index in [1.807, 2.05) is 31.2 Å². The van der Waals surface area contributed by atoms with E-state index in [1.165, 1.54) is 5.56 Å². The van der Waals surface area contributed by atoms with Gasteiger partial charge in [-0.1, -0.05) is 32.9 Å². The molecule has 164 valence electrons. The van der Waals surface area contributed by atoms with Crippen molar-refractivity contribution in [3.63, 3.8) is 0 Å². The fourth-order valence-corrected chi connectivity index (χ4v) is 4.06. The Labute approximate surface area is 186 Å². The van der Waals surface area contributed by atoms with Gasteiger partial charge in [0.15, 0.2) is 11.5 Å². The SMILES string of the molecule is CCn1c(=O)c2cnc(Nc3ccc4c(c3)NCC4)nc2n1-c1cccc(C(C)(C)C)n1. The molecule has 32 heavy (non-hydrogen) atoms. The predicted molar refractivity (Wildman–Crippen MR) is 127 cm³/mol. The van der Waals surface area contributed by atoms with Crippen molar-refractivity contribution >= 4 is 28.4 Å². The highest BCUT2D eigenvalue weighted by molar-refractivity contribution is 5.77. The average molecular weight is 430 g/mol. The van der Waals surface area contributed by atoms with Gasteiger partial charge in [-0.25, -0.2) is 19.3 Å². The van der Waals surface area contributed by atoms with Crippen LogP contribution >= 0.6 is 0 Å². The highest BCUT2D eigenvalue weighted by Crippen LogP contribution is 2.27. The van der Waals surface area contributed by atoms with Gasteiger partial charge in [0.25, 0.3) is 5.56 Å². The lowest BCUT2D eigenvalue weighted by atomic mass is 9.92. The number of aromatic nitrogens is 5. The first-order valence-corrected chi connectivity index (χ1v) is 11.0. The minimum absolute atomic E-state index is 0.111. The van der Waals surface area contributed by atoms with Gasteiger partial charge in [-0.3, -0.25) is 4.79 Å². The second-order valence-corrected chi connectivity index (χ2v) is 9.07. The quantitative estimate of drug-likeness (QED) is 0.510. The van der Waals surface area contributed by atoms with E-state index >= 15 is 0 Å². The second kappa shape index (κ2) is 7.47. The molecule has 4 aromatic rings. The standard InChI is InChI=1S/C24H27N7O/c1-5-30-22(32)17-14-26-23(27-16-10-9-15-11-12-25-18(15)13-16)29-21(17)31(30)20-8-6-7-19(28-20)24(2,3)4/h6-10,13-14,25H,5,11-12H2,1-4H3,(H,26,27,29). The molecule has 0 radical (unpaired) electrons. The highest BCUT2D eigenvalue weighted by Gasteiger charge is 2.20. The molecule has 8 heteroatoms. The molecule has 0 saturated heterocycles. The number of fused-ring (bicyclic) bond motifs is 2. The zero-order valence-electron chi connectivity index (χ0n) is 18.8. The molecule has 1 aliphatic rings. The van der Waals surface area contributed by atoms with E-state index in [1.54, 1.807) is 15.6 Å². The Kier molecular flexibility index (Phi) is 4.73. The first kappa shape index (κ1) is 20.2. The molecule has 3 aromatic heterocycles. The van der Waals surface area contributed by atoms with Crippen molar-refractivity contribution in [2.75, 3.05) is 17.2 Å². The van der Waals surface area contributed by atoms with Gasteiger partial charge >= 0.3 is 0 Å². The number of rotatable bonds is 4. The van der Waals surface area contributed by atoms with E-state index in [0.717, 1.165) is 30.0 Å². The fraction of sp³-hybridized carbons (Fsp3) is 0.333. The van der Waals surface area contributed by atoms with Crippen molar-refractivity contribution in [2.45, 2.75) is 46.1 Å². The summed E-state index contributed by atoms with van der Waals surface area (Å²) in [6.45, 7) is 9.75. The lowest BCUT2D eigenvalue weighted by Crippen LogP contribution is -2.23. The van der Waals surface area contributed by atoms with E-state index in [0.29, 0.717) is 29.3 Å². The molecular weight excluding hydrogens is 402 g/mol. The van der Waals surface area contributed by atoms with Crippen molar-refractivity contribution in [1.29, 1.82) is 0 Å². The maximum Gasteiger partial charge on any atom is 0.278 e. The van der Waals surface area contributed by atoms with Gasteiger partial charge in [-0.15, -0.1) is 0 Å². The molecule has 5 rings (SSSR count). The molecule has 4 heterocycles. The molecule has 0 aliphatic carbocycles. The summed E-state index contributed by atoms with van der Waals surface area (Å²) >= 11 is 0. The van der Waals surface area contributed by atoms with Crippen LogP contribution in [0.1, 0.15) is 39.0 Å². The molecule has 0 spiro atoms. The number of nitrogens with one attached hydrogen (secondary N) is 2. The Morgan fingerprint density at radius 2 is 2.00 bits per heavy atom. The maximum atomic E-state index is 13.0. The van der Waals surface area contributed by atoms with Crippen LogP contribution in [0.15, 0.2) is 47.4 Å². The van der Waals surface area contributed by atoms with Crippen LogP contribution < -0.4 is 16.2 Å². The Morgan fingerprint density at radius 1 is 1.16 bits per heavy atom. The lowest BCUT2D eigenvalue weighted by molar-refractivity contribution is 0.545. The Morgan fingerprint density at radius 3 is 2.78 bits per heavy atom. The molecule has 0 bridgehead atoms. The lowest BCUT2D eigenvalue weighted by Gasteiger charge is -2.19. The van der Waals surface area contributed by atoms with Crippen molar-refractivity contribution in [3.8, 4) is 5.82 Å². The molecule has 0 atom stereocenters. The Hall–Kier alpha value is -3.68. The van der Waals surface area contributed by atoms with Gasteiger partial charge in [-0.05, 0) is 43.2 Å². The zero-order chi connectivity index (χ0) is 22.5. The summed E-state index contributed by atoms with van der Waals surface area (Å²) < 4.78 is 3.45. The number of nitrogens with zero attached hydrogens (tertiary/aromatic N) is 5. The third-order valence-corrected chi connectivity index (χ3v) is 5.77. The van der Waals surface area contributed by atoms with Crippen LogP contribution in [-0.4, -0.2) is 30.9 Å². The van der Waals surface area contributed by atoms with Crippen LogP contribution in [0.2, 0.25) is 0 Å². The molecule has 8 nitrogen and oxygen atoms in total. The molecular formula is C24H27N7O. The normalized spacial score (nSPS) is 13.2. The first-order valence-electron chi connectivity index (χ1n) is 11.0. The van der Waals surface area contributed by atoms with E-state index in [-0.39, 0.29) is 11.0 Å². The summed E-state index contributed by atoms with van der Waals surface area (Å²) in [6, 6.07) is 12.1. The number of hydrogen-bond acceptors (Lipinski definition) is 6. The van der Waals surface area contributed by atoms with E-state index in [2.05, 4.69) is 48.5 Å². The second-order valence-electron chi connectivity index (χ2n) is 9.07. The summed E-state index contributed by atoms with van der Waals surface area (Å²) in [5.74, 6) is 1.10. The van der Waals surface area contributed by atoms with E-state index in [4.69, 9.17) is 9.97 Å². The summed E-state index contributed by atoms with van der Waals surface area (Å²) in [5.41, 5.74) is 4.59. The molecule has 0 fully saturated rings. The fourth-order valence-electron chi connectivity index (χ4n) is 4.06. The number of anilines is 3. The van der Waals surface area contributed by atoms with E-state index < -0.39 is 0 Å². The molecule has 0 unspecified atom stereocenters. The number of hydrogen-bond donors (Lipinski definition) is 2. The van der Waals surface area contributed by atoms with Crippen LogP contribution in [0.25, 0.3) is 16.9 Å². The Balaban J connectivity index is 1.62. The van der Waals surface area contributed by atoms with Crippen LogP contribution in [0.4, 0.5) is 17.3 Å². The van der Waals surface area contributed by atoms with Crippen molar-refractivity contribution < 1.29 is 0 Å². The third kappa shape index (κ3) is 3.41. The first-order chi connectivity index (χ1) is 15.3. The molecule has 0 amide bonds. The van der Waals surface area contributed by atoms with Gasteiger partial charge in [0, 0.05) is 41.8 Å². The highest BCUT2D eigenvalue weighted by atomic mass is 16.1. The van der Waals surface area contributed by atoms with Gasteiger partial charge in [0.2, 0.25) is 5.95 Å². The van der Waals surface area contributed by atoms with E-state index in [9.17, 15) is 4.79 Å². The predicted octanol–water partition coefficient (Wildman–Crippen LogP) is 4.01. The summed E-state index contributed by atoms with van der Waals surface area (Å²) in [7, 11) is 0. The van der Waals surface area contributed by atoms with Gasteiger partial charge in [-0.2, -0.15) is 4.98 Å². The molecule has 2 N–H and O–H groups in total. The molecule has 1 aliphatic heterocycles. The molecule has 0 saturated carbocycles. The number of benzene rings is 1. The Bertz CT molecular complexity index is 1380. The van der Waals surface area contributed by atoms with Crippen LogP contribution in [-0.2, 0) is 18.4 Å². The monoisotopic (exact) mass is 429 g/mol. The van der Waals surface area contributed by atoms with Gasteiger partial charge < -0.3 is 10.6 Å². The topological polar surface area (TPSA) is 89.7 Å². The average Bonchev–Trinajstić information content (AvgIpc) is 3.34. The minimum atomic E-state index is -0.126. The van der Waals surface area contributed by atoms with Crippen LogP contribution in [0.3, 0.4) is 0 Å². The van der Waals surface area contributed by atoms with Crippen molar-refractivity contribution in [1.82, 2.24) is 24.3 Å². The summed E-state index contributed by atoms with van der Waals surface area (Å²) in [5, 5.41) is 7.13. The molecule has 1 aromatic carbocycles. The van der Waals surface area contributed by atoms with Gasteiger partial charge in [0.05, 0.1) is 0 Å². The summed E-state index contributed by atoms with van der Waals surface area (Å²) in [4.78, 5) is 27.0. The summed E-state index contributed by atoms with van der Waals surface area (Å²) in [6.07, 6.45) is 2.63. The third-order valence-electron chi connectivity index (χ3n) is 5.77. The maximum absolute atomic E-state index is 13.0.